The van der Waals surface area contributed by atoms with Crippen LogP contribution in [0.3, 0.4) is 0 Å². The molecule has 0 bridgehead atoms. The van der Waals surface area contributed by atoms with Gasteiger partial charge in [0.25, 0.3) is 0 Å². The lowest BCUT2D eigenvalue weighted by atomic mass is 10.1. The largest absolute Gasteiger partial charge is 0.379 e. The SMILES string of the molecule is NC(=O)c1ccc2c(c1)NCc1cccnc1N2. The number of hydrogen-bond donors (Lipinski definition) is 3. The van der Waals surface area contributed by atoms with Gasteiger partial charge in [0.15, 0.2) is 0 Å². The molecule has 2 heterocycles. The third kappa shape index (κ3) is 1.75. The molecular weight excluding hydrogens is 228 g/mol. The summed E-state index contributed by atoms with van der Waals surface area (Å²) in [4.78, 5) is 15.4. The number of hydrogen-bond acceptors (Lipinski definition) is 4. The number of fused-ring (bicyclic) bond motifs is 2. The Bertz CT molecular complexity index is 624. The number of carbonyl (C=O) groups is 1. The van der Waals surface area contributed by atoms with E-state index in [2.05, 4.69) is 15.6 Å². The molecule has 0 saturated carbocycles. The molecule has 90 valence electrons. The van der Waals surface area contributed by atoms with Crippen molar-refractivity contribution in [1.82, 2.24) is 4.98 Å². The highest BCUT2D eigenvalue weighted by Gasteiger charge is 2.13. The van der Waals surface area contributed by atoms with E-state index in [9.17, 15) is 4.79 Å². The first-order valence-corrected chi connectivity index (χ1v) is 5.63. The van der Waals surface area contributed by atoms with Crippen molar-refractivity contribution in [3.8, 4) is 0 Å². The molecule has 0 unspecified atom stereocenters. The first kappa shape index (κ1) is 10.6. The fourth-order valence-corrected chi connectivity index (χ4v) is 1.96. The van der Waals surface area contributed by atoms with Gasteiger partial charge in [0.1, 0.15) is 5.82 Å². The Morgan fingerprint density at radius 1 is 1.28 bits per heavy atom. The molecule has 4 N–H and O–H groups in total. The van der Waals surface area contributed by atoms with Crippen LogP contribution in [0, 0.1) is 0 Å². The first-order valence-electron chi connectivity index (χ1n) is 5.63. The zero-order chi connectivity index (χ0) is 12.5. The van der Waals surface area contributed by atoms with E-state index in [4.69, 9.17) is 5.73 Å². The number of benzene rings is 1. The number of nitrogens with two attached hydrogens (primary N) is 1. The zero-order valence-electron chi connectivity index (χ0n) is 9.60. The fraction of sp³-hybridized carbons (Fsp3) is 0.0769. The van der Waals surface area contributed by atoms with Crippen molar-refractivity contribution in [2.45, 2.75) is 6.54 Å². The Kier molecular flexibility index (Phi) is 2.37. The van der Waals surface area contributed by atoms with Gasteiger partial charge in [-0.25, -0.2) is 4.98 Å². The molecule has 5 nitrogen and oxygen atoms in total. The van der Waals surface area contributed by atoms with E-state index in [1.165, 1.54) is 0 Å². The molecule has 1 aromatic heterocycles. The lowest BCUT2D eigenvalue weighted by molar-refractivity contribution is 0.100. The molecule has 0 aliphatic carbocycles. The van der Waals surface area contributed by atoms with Crippen LogP contribution < -0.4 is 16.4 Å². The molecule has 0 atom stereocenters. The number of rotatable bonds is 1. The Morgan fingerprint density at radius 2 is 2.17 bits per heavy atom. The highest BCUT2D eigenvalue weighted by molar-refractivity contribution is 5.95. The maximum Gasteiger partial charge on any atom is 0.248 e. The molecular formula is C13H12N4O. The van der Waals surface area contributed by atoms with Crippen LogP contribution in [0.15, 0.2) is 36.5 Å². The quantitative estimate of drug-likeness (QED) is 0.710. The van der Waals surface area contributed by atoms with Gasteiger partial charge in [-0.1, -0.05) is 6.07 Å². The zero-order valence-corrected chi connectivity index (χ0v) is 9.60. The van der Waals surface area contributed by atoms with Gasteiger partial charge in [0.2, 0.25) is 5.91 Å². The summed E-state index contributed by atoms with van der Waals surface area (Å²) in [6.07, 6.45) is 1.74. The second-order valence-corrected chi connectivity index (χ2v) is 4.11. The molecule has 1 aliphatic rings. The number of nitrogens with one attached hydrogen (secondary N) is 2. The van der Waals surface area contributed by atoms with Gasteiger partial charge < -0.3 is 16.4 Å². The van der Waals surface area contributed by atoms with Gasteiger partial charge in [0.05, 0.1) is 11.4 Å². The van der Waals surface area contributed by atoms with E-state index in [0.717, 1.165) is 22.8 Å². The number of aromatic nitrogens is 1. The molecule has 1 aromatic carbocycles. The number of nitrogens with zero attached hydrogens (tertiary/aromatic N) is 1. The summed E-state index contributed by atoms with van der Waals surface area (Å²) in [7, 11) is 0. The van der Waals surface area contributed by atoms with Crippen molar-refractivity contribution in [2.75, 3.05) is 10.6 Å². The van der Waals surface area contributed by atoms with Crippen LogP contribution in [-0.2, 0) is 6.54 Å². The van der Waals surface area contributed by atoms with Crippen LogP contribution in [0.25, 0.3) is 0 Å². The summed E-state index contributed by atoms with van der Waals surface area (Å²) in [5, 5.41) is 6.51. The van der Waals surface area contributed by atoms with Gasteiger partial charge in [-0.15, -0.1) is 0 Å². The van der Waals surface area contributed by atoms with Gasteiger partial charge in [-0.2, -0.15) is 0 Å². The molecule has 0 saturated heterocycles. The summed E-state index contributed by atoms with van der Waals surface area (Å²) < 4.78 is 0. The van der Waals surface area contributed by atoms with E-state index < -0.39 is 5.91 Å². The van der Waals surface area contributed by atoms with Crippen LogP contribution in [0.1, 0.15) is 15.9 Å². The van der Waals surface area contributed by atoms with E-state index in [0.29, 0.717) is 12.1 Å². The maximum absolute atomic E-state index is 11.2. The highest BCUT2D eigenvalue weighted by atomic mass is 16.1. The molecule has 5 heteroatoms. The van der Waals surface area contributed by atoms with E-state index in [1.54, 1.807) is 18.3 Å². The standard InChI is InChI=1S/C13H12N4O/c14-12(18)8-3-4-10-11(6-8)16-7-9-2-1-5-15-13(9)17-10/h1-6,16H,7H2,(H2,14,18)(H,15,17). The minimum atomic E-state index is -0.431. The Hall–Kier alpha value is -2.56. The van der Waals surface area contributed by atoms with E-state index >= 15 is 0 Å². The van der Waals surface area contributed by atoms with Gasteiger partial charge in [-0.3, -0.25) is 4.79 Å². The minimum Gasteiger partial charge on any atom is -0.379 e. The summed E-state index contributed by atoms with van der Waals surface area (Å²) >= 11 is 0. The number of carbonyl (C=O) groups excluding carboxylic acids is 1. The molecule has 2 aromatic rings. The molecule has 1 aliphatic heterocycles. The smallest absolute Gasteiger partial charge is 0.248 e. The maximum atomic E-state index is 11.2. The summed E-state index contributed by atoms with van der Waals surface area (Å²) in [6, 6.07) is 9.17. The molecule has 3 rings (SSSR count). The van der Waals surface area contributed by atoms with Crippen molar-refractivity contribution >= 4 is 23.1 Å². The first-order chi connectivity index (χ1) is 8.74. The Labute approximate surface area is 104 Å². The predicted molar refractivity (Wildman–Crippen MR) is 69.8 cm³/mol. The van der Waals surface area contributed by atoms with Crippen LogP contribution in [0.2, 0.25) is 0 Å². The third-order valence-corrected chi connectivity index (χ3v) is 2.92. The van der Waals surface area contributed by atoms with Crippen molar-refractivity contribution in [3.05, 3.63) is 47.7 Å². The second-order valence-electron chi connectivity index (χ2n) is 4.11. The van der Waals surface area contributed by atoms with Crippen molar-refractivity contribution in [1.29, 1.82) is 0 Å². The minimum absolute atomic E-state index is 0.431. The predicted octanol–water partition coefficient (Wildman–Crippen LogP) is 1.85. The number of amides is 1. The molecule has 0 fully saturated rings. The van der Waals surface area contributed by atoms with Gasteiger partial charge in [0, 0.05) is 23.9 Å². The third-order valence-electron chi connectivity index (χ3n) is 2.92. The van der Waals surface area contributed by atoms with Crippen LogP contribution in [-0.4, -0.2) is 10.9 Å². The van der Waals surface area contributed by atoms with Crippen LogP contribution in [0.4, 0.5) is 17.2 Å². The Morgan fingerprint density at radius 3 is 3.00 bits per heavy atom. The highest BCUT2D eigenvalue weighted by Crippen LogP contribution is 2.31. The van der Waals surface area contributed by atoms with Crippen molar-refractivity contribution in [2.24, 2.45) is 5.73 Å². The van der Waals surface area contributed by atoms with Gasteiger partial charge >= 0.3 is 0 Å². The topological polar surface area (TPSA) is 80.0 Å². The molecule has 1 amide bonds. The number of anilines is 3. The van der Waals surface area contributed by atoms with Crippen molar-refractivity contribution in [3.63, 3.8) is 0 Å². The summed E-state index contributed by atoms with van der Waals surface area (Å²) in [6.45, 7) is 0.658. The lowest BCUT2D eigenvalue weighted by Gasteiger charge is -2.09. The van der Waals surface area contributed by atoms with E-state index in [-0.39, 0.29) is 0 Å². The van der Waals surface area contributed by atoms with E-state index in [1.807, 2.05) is 18.2 Å². The summed E-state index contributed by atoms with van der Waals surface area (Å²) in [5.74, 6) is 0.398. The fourth-order valence-electron chi connectivity index (χ4n) is 1.96. The average Bonchev–Trinajstić information content (AvgIpc) is 2.56. The van der Waals surface area contributed by atoms with Gasteiger partial charge in [-0.05, 0) is 24.3 Å². The monoisotopic (exact) mass is 240 g/mol. The Balaban J connectivity index is 2.04. The summed E-state index contributed by atoms with van der Waals surface area (Å²) in [5.41, 5.74) is 8.57. The normalized spacial score (nSPS) is 12.4. The lowest BCUT2D eigenvalue weighted by Crippen LogP contribution is -2.11. The van der Waals surface area contributed by atoms with Crippen molar-refractivity contribution < 1.29 is 4.79 Å². The molecule has 0 radical (unpaired) electrons. The molecule has 0 spiro atoms. The average molecular weight is 240 g/mol. The number of primary amides is 1. The van der Waals surface area contributed by atoms with Crippen LogP contribution >= 0.6 is 0 Å². The van der Waals surface area contributed by atoms with Crippen LogP contribution in [0.5, 0.6) is 0 Å². The molecule has 18 heavy (non-hydrogen) atoms. The number of pyridine rings is 1. The second kappa shape index (κ2) is 4.03.